The lowest BCUT2D eigenvalue weighted by Gasteiger charge is -2.18. The maximum atomic E-state index is 11.5. The van der Waals surface area contributed by atoms with E-state index >= 15 is 0 Å². The first-order chi connectivity index (χ1) is 7.37. The van der Waals surface area contributed by atoms with Gasteiger partial charge in [-0.2, -0.15) is 0 Å². The summed E-state index contributed by atoms with van der Waals surface area (Å²) in [4.78, 5) is 11.5. The van der Waals surface area contributed by atoms with Crippen LogP contribution in [0.3, 0.4) is 0 Å². The van der Waals surface area contributed by atoms with Crippen LogP contribution < -0.4 is 16.4 Å². The van der Waals surface area contributed by atoms with Crippen molar-refractivity contribution < 1.29 is 4.79 Å². The molecule has 0 aliphatic carbocycles. The molecule has 88 valence electrons. The first-order valence-corrected chi connectivity index (χ1v) is 5.27. The molecular weight excluding hydrogens is 202 g/mol. The van der Waals surface area contributed by atoms with Crippen LogP contribution in [0.5, 0.6) is 0 Å². The van der Waals surface area contributed by atoms with Crippen LogP contribution in [-0.4, -0.2) is 12.6 Å². The molecule has 1 aromatic rings. The van der Waals surface area contributed by atoms with Gasteiger partial charge in [-0.15, -0.1) is 0 Å². The Morgan fingerprint density at radius 1 is 1.25 bits per heavy atom. The summed E-state index contributed by atoms with van der Waals surface area (Å²) in [5.41, 5.74) is 7.04. The van der Waals surface area contributed by atoms with E-state index in [2.05, 4.69) is 31.4 Å². The lowest BCUT2D eigenvalue weighted by Crippen LogP contribution is -2.35. The van der Waals surface area contributed by atoms with Gasteiger partial charge in [0.25, 0.3) is 0 Å². The fourth-order valence-corrected chi connectivity index (χ4v) is 1.09. The smallest absolute Gasteiger partial charge is 0.319 e. The molecule has 1 aromatic carbocycles. The van der Waals surface area contributed by atoms with Crippen molar-refractivity contribution in [2.24, 2.45) is 5.41 Å². The van der Waals surface area contributed by atoms with Gasteiger partial charge in [0.2, 0.25) is 0 Å². The van der Waals surface area contributed by atoms with Gasteiger partial charge in [-0.3, -0.25) is 0 Å². The van der Waals surface area contributed by atoms with Crippen molar-refractivity contribution in [2.45, 2.75) is 20.8 Å². The van der Waals surface area contributed by atoms with Gasteiger partial charge < -0.3 is 16.4 Å². The molecule has 0 fully saturated rings. The molecular formula is C12H19N3O. The van der Waals surface area contributed by atoms with Crippen molar-refractivity contribution >= 4 is 17.4 Å². The van der Waals surface area contributed by atoms with Crippen LogP contribution in [-0.2, 0) is 0 Å². The molecule has 0 aliphatic heterocycles. The summed E-state index contributed by atoms with van der Waals surface area (Å²) < 4.78 is 0. The molecule has 0 radical (unpaired) electrons. The average molecular weight is 221 g/mol. The van der Waals surface area contributed by atoms with E-state index in [1.807, 2.05) is 0 Å². The van der Waals surface area contributed by atoms with Crippen LogP contribution in [0.2, 0.25) is 0 Å². The first-order valence-electron chi connectivity index (χ1n) is 5.27. The third-order valence-corrected chi connectivity index (χ3v) is 1.95. The van der Waals surface area contributed by atoms with E-state index < -0.39 is 0 Å². The molecule has 0 aliphatic rings. The fraction of sp³-hybridized carbons (Fsp3) is 0.417. The Kier molecular flexibility index (Phi) is 3.77. The third kappa shape index (κ3) is 4.68. The number of anilines is 2. The molecule has 0 aromatic heterocycles. The predicted molar refractivity (Wildman–Crippen MR) is 67.3 cm³/mol. The summed E-state index contributed by atoms with van der Waals surface area (Å²) in [5, 5.41) is 5.54. The van der Waals surface area contributed by atoms with Gasteiger partial charge in [0, 0.05) is 17.9 Å². The Labute approximate surface area is 96.2 Å². The SMILES string of the molecule is CC(C)(C)CNC(=O)Nc1ccc(N)cc1. The van der Waals surface area contributed by atoms with Gasteiger partial charge in [-0.1, -0.05) is 20.8 Å². The van der Waals surface area contributed by atoms with Gasteiger partial charge in [-0.05, 0) is 29.7 Å². The largest absolute Gasteiger partial charge is 0.399 e. The molecule has 1 rings (SSSR count). The number of carbonyl (C=O) groups excluding carboxylic acids is 1. The molecule has 0 atom stereocenters. The van der Waals surface area contributed by atoms with E-state index in [0.717, 1.165) is 5.69 Å². The molecule has 16 heavy (non-hydrogen) atoms. The van der Waals surface area contributed by atoms with E-state index in [1.54, 1.807) is 24.3 Å². The normalized spacial score (nSPS) is 10.9. The molecule has 4 heteroatoms. The first kappa shape index (κ1) is 12.4. The Balaban J connectivity index is 2.43. The topological polar surface area (TPSA) is 67.2 Å². The number of urea groups is 1. The highest BCUT2D eigenvalue weighted by Gasteiger charge is 2.11. The second-order valence-electron chi connectivity index (χ2n) is 4.99. The summed E-state index contributed by atoms with van der Waals surface area (Å²) in [6.07, 6.45) is 0. The van der Waals surface area contributed by atoms with Crippen LogP contribution >= 0.6 is 0 Å². The van der Waals surface area contributed by atoms with Crippen molar-refractivity contribution in [2.75, 3.05) is 17.6 Å². The number of rotatable bonds is 2. The molecule has 0 spiro atoms. The lowest BCUT2D eigenvalue weighted by atomic mass is 9.97. The predicted octanol–water partition coefficient (Wildman–Crippen LogP) is 2.44. The zero-order valence-electron chi connectivity index (χ0n) is 10.0. The van der Waals surface area contributed by atoms with Gasteiger partial charge in [-0.25, -0.2) is 4.79 Å². The highest BCUT2D eigenvalue weighted by atomic mass is 16.2. The Morgan fingerprint density at radius 2 is 1.81 bits per heavy atom. The molecule has 0 saturated heterocycles. The number of benzene rings is 1. The molecule has 4 nitrogen and oxygen atoms in total. The zero-order valence-corrected chi connectivity index (χ0v) is 10.0. The maximum Gasteiger partial charge on any atom is 0.319 e. The summed E-state index contributed by atoms with van der Waals surface area (Å²) >= 11 is 0. The van der Waals surface area contributed by atoms with E-state index in [4.69, 9.17) is 5.73 Å². The van der Waals surface area contributed by atoms with Crippen LogP contribution in [0.25, 0.3) is 0 Å². The average Bonchev–Trinajstić information content (AvgIpc) is 2.18. The highest BCUT2D eigenvalue weighted by molar-refractivity contribution is 5.89. The number of nitrogens with two attached hydrogens (primary N) is 1. The van der Waals surface area contributed by atoms with Crippen molar-refractivity contribution in [3.63, 3.8) is 0 Å². The van der Waals surface area contributed by atoms with E-state index in [0.29, 0.717) is 12.2 Å². The number of carbonyl (C=O) groups is 1. The van der Waals surface area contributed by atoms with E-state index in [9.17, 15) is 4.79 Å². The second kappa shape index (κ2) is 4.88. The second-order valence-corrected chi connectivity index (χ2v) is 4.99. The standard InChI is InChI=1S/C12H19N3O/c1-12(2,3)8-14-11(16)15-10-6-4-9(13)5-7-10/h4-7H,8,13H2,1-3H3,(H2,14,15,16). The fourth-order valence-electron chi connectivity index (χ4n) is 1.09. The summed E-state index contributed by atoms with van der Waals surface area (Å²) in [7, 11) is 0. The minimum absolute atomic E-state index is 0.0818. The summed E-state index contributed by atoms with van der Waals surface area (Å²) in [6, 6.07) is 6.84. The summed E-state index contributed by atoms with van der Waals surface area (Å²) in [5.74, 6) is 0. The van der Waals surface area contributed by atoms with Crippen LogP contribution in [0.4, 0.5) is 16.2 Å². The Bertz CT molecular complexity index is 352. The van der Waals surface area contributed by atoms with Crippen molar-refractivity contribution in [3.05, 3.63) is 24.3 Å². The van der Waals surface area contributed by atoms with Crippen LogP contribution in [0.1, 0.15) is 20.8 Å². The van der Waals surface area contributed by atoms with E-state index in [1.165, 1.54) is 0 Å². The number of amides is 2. The van der Waals surface area contributed by atoms with Gasteiger partial charge in [0.1, 0.15) is 0 Å². The lowest BCUT2D eigenvalue weighted by molar-refractivity contribution is 0.247. The number of hydrogen-bond acceptors (Lipinski definition) is 2. The van der Waals surface area contributed by atoms with Crippen molar-refractivity contribution in [3.8, 4) is 0 Å². The third-order valence-electron chi connectivity index (χ3n) is 1.95. The molecule has 0 unspecified atom stereocenters. The van der Waals surface area contributed by atoms with Gasteiger partial charge >= 0.3 is 6.03 Å². The monoisotopic (exact) mass is 221 g/mol. The molecule has 0 heterocycles. The van der Waals surface area contributed by atoms with Crippen molar-refractivity contribution in [1.82, 2.24) is 5.32 Å². The van der Waals surface area contributed by atoms with Crippen LogP contribution in [0, 0.1) is 5.41 Å². The molecule has 0 saturated carbocycles. The Hall–Kier alpha value is -1.71. The van der Waals surface area contributed by atoms with Gasteiger partial charge in [0.15, 0.2) is 0 Å². The van der Waals surface area contributed by atoms with E-state index in [-0.39, 0.29) is 11.4 Å². The number of nitrogens with one attached hydrogen (secondary N) is 2. The van der Waals surface area contributed by atoms with Gasteiger partial charge in [0.05, 0.1) is 0 Å². The minimum Gasteiger partial charge on any atom is -0.399 e. The molecule has 0 bridgehead atoms. The quantitative estimate of drug-likeness (QED) is 0.671. The highest BCUT2D eigenvalue weighted by Crippen LogP contribution is 2.12. The van der Waals surface area contributed by atoms with Crippen molar-refractivity contribution in [1.29, 1.82) is 0 Å². The minimum atomic E-state index is -0.195. The molecule has 2 amide bonds. The number of nitrogen functional groups attached to an aromatic ring is 1. The van der Waals surface area contributed by atoms with Crippen LogP contribution in [0.15, 0.2) is 24.3 Å². The maximum absolute atomic E-state index is 11.5. The number of hydrogen-bond donors (Lipinski definition) is 3. The zero-order chi connectivity index (χ0) is 12.2. The Morgan fingerprint density at radius 3 is 2.31 bits per heavy atom. The molecule has 4 N–H and O–H groups in total. The summed E-state index contributed by atoms with van der Waals surface area (Å²) in [6.45, 7) is 6.83.